The highest BCUT2D eigenvalue weighted by Gasteiger charge is 2.12. The van der Waals surface area contributed by atoms with Crippen molar-refractivity contribution in [1.82, 2.24) is 15.3 Å². The summed E-state index contributed by atoms with van der Waals surface area (Å²) in [6.45, 7) is 4.17. The molecule has 1 amide bonds. The lowest BCUT2D eigenvalue weighted by atomic mass is 10.2. The molecule has 2 aromatic rings. The van der Waals surface area contributed by atoms with Crippen molar-refractivity contribution in [2.45, 2.75) is 13.8 Å². The number of amides is 1. The number of hydrogen-bond acceptors (Lipinski definition) is 4. The Bertz CT molecular complexity index is 607. The highest BCUT2D eigenvalue weighted by atomic mass is 16.6. The summed E-state index contributed by atoms with van der Waals surface area (Å²) in [7, 11) is 1.60. The number of ether oxygens (including phenoxy) is 1. The van der Waals surface area contributed by atoms with E-state index in [9.17, 15) is 4.79 Å². The molecule has 0 fully saturated rings. The minimum atomic E-state index is -0.378. The van der Waals surface area contributed by atoms with Gasteiger partial charge in [0, 0.05) is 6.20 Å². The van der Waals surface area contributed by atoms with E-state index in [1.807, 2.05) is 25.1 Å². The molecular formula is C14H17N3O3. The van der Waals surface area contributed by atoms with Crippen molar-refractivity contribution >= 4 is 5.91 Å². The summed E-state index contributed by atoms with van der Waals surface area (Å²) in [6, 6.07) is 7.38. The maximum atomic E-state index is 11.7. The van der Waals surface area contributed by atoms with Gasteiger partial charge in [0.2, 0.25) is 0 Å². The fourth-order valence-electron chi connectivity index (χ4n) is 1.75. The van der Waals surface area contributed by atoms with Crippen molar-refractivity contribution in [2.24, 2.45) is 0 Å². The van der Waals surface area contributed by atoms with Crippen LogP contribution in [-0.2, 0) is 4.84 Å². The molecule has 2 rings (SSSR count). The van der Waals surface area contributed by atoms with Crippen LogP contribution in [0.25, 0.3) is 5.69 Å². The first kappa shape index (κ1) is 14.1. The first-order valence-electron chi connectivity index (χ1n) is 6.28. The van der Waals surface area contributed by atoms with Crippen molar-refractivity contribution in [3.8, 4) is 11.4 Å². The lowest BCUT2D eigenvalue weighted by Gasteiger charge is -2.09. The molecule has 1 aromatic carbocycles. The van der Waals surface area contributed by atoms with E-state index in [0.717, 1.165) is 11.3 Å². The minimum Gasteiger partial charge on any atom is -0.494 e. The van der Waals surface area contributed by atoms with Gasteiger partial charge in [-0.05, 0) is 37.6 Å². The molecule has 0 atom stereocenters. The number of benzene rings is 1. The summed E-state index contributed by atoms with van der Waals surface area (Å²) in [6.07, 6.45) is 1.71. The maximum Gasteiger partial charge on any atom is 0.295 e. The van der Waals surface area contributed by atoms with E-state index in [4.69, 9.17) is 9.57 Å². The summed E-state index contributed by atoms with van der Waals surface area (Å²) in [5, 5.41) is 4.23. The van der Waals surface area contributed by atoms with Crippen LogP contribution in [0.1, 0.15) is 23.0 Å². The SMILES string of the molecule is CCONC(=O)c1ccn(-c2cc(C)ccc2OC)n1. The predicted molar refractivity (Wildman–Crippen MR) is 73.9 cm³/mol. The highest BCUT2D eigenvalue weighted by Crippen LogP contribution is 2.23. The molecule has 106 valence electrons. The van der Waals surface area contributed by atoms with E-state index in [1.165, 1.54) is 0 Å². The second-order valence-corrected chi connectivity index (χ2v) is 4.19. The Morgan fingerprint density at radius 1 is 1.40 bits per heavy atom. The van der Waals surface area contributed by atoms with Gasteiger partial charge in [0.05, 0.1) is 13.7 Å². The van der Waals surface area contributed by atoms with Crippen molar-refractivity contribution in [3.63, 3.8) is 0 Å². The molecule has 1 heterocycles. The van der Waals surface area contributed by atoms with Crippen LogP contribution in [0.3, 0.4) is 0 Å². The fraction of sp³-hybridized carbons (Fsp3) is 0.286. The third-order valence-electron chi connectivity index (χ3n) is 2.71. The lowest BCUT2D eigenvalue weighted by Crippen LogP contribution is -2.24. The summed E-state index contributed by atoms with van der Waals surface area (Å²) in [5.74, 6) is 0.313. The molecule has 0 bridgehead atoms. The molecule has 6 nitrogen and oxygen atoms in total. The van der Waals surface area contributed by atoms with Crippen molar-refractivity contribution in [1.29, 1.82) is 0 Å². The third kappa shape index (κ3) is 2.97. The van der Waals surface area contributed by atoms with Gasteiger partial charge in [0.1, 0.15) is 11.4 Å². The molecule has 0 saturated carbocycles. The molecule has 0 aliphatic rings. The largest absolute Gasteiger partial charge is 0.494 e. The Hall–Kier alpha value is -2.34. The standard InChI is InChI=1S/C14H17N3O3/c1-4-20-16-14(18)11-7-8-17(15-11)12-9-10(2)5-6-13(12)19-3/h5-9H,4H2,1-3H3,(H,16,18). The van der Waals surface area contributed by atoms with Crippen LogP contribution < -0.4 is 10.2 Å². The number of methoxy groups -OCH3 is 1. The predicted octanol–water partition coefficient (Wildman–Crippen LogP) is 1.87. The van der Waals surface area contributed by atoms with E-state index in [-0.39, 0.29) is 11.6 Å². The second kappa shape index (κ2) is 6.21. The molecule has 0 spiro atoms. The molecule has 6 heteroatoms. The Morgan fingerprint density at radius 2 is 2.20 bits per heavy atom. The number of carbonyl (C=O) groups excluding carboxylic acids is 1. The number of aromatic nitrogens is 2. The number of nitrogens with zero attached hydrogens (tertiary/aromatic N) is 2. The van der Waals surface area contributed by atoms with E-state index in [2.05, 4.69) is 10.6 Å². The number of hydroxylamine groups is 1. The number of rotatable bonds is 5. The summed E-state index contributed by atoms with van der Waals surface area (Å²) >= 11 is 0. The quantitative estimate of drug-likeness (QED) is 0.846. The molecule has 1 aromatic heterocycles. The normalized spacial score (nSPS) is 10.3. The van der Waals surface area contributed by atoms with E-state index in [1.54, 1.807) is 31.0 Å². The first-order chi connectivity index (χ1) is 9.65. The van der Waals surface area contributed by atoms with E-state index in [0.29, 0.717) is 12.4 Å². The molecule has 20 heavy (non-hydrogen) atoms. The number of nitrogens with one attached hydrogen (secondary N) is 1. The second-order valence-electron chi connectivity index (χ2n) is 4.19. The topological polar surface area (TPSA) is 65.4 Å². The zero-order chi connectivity index (χ0) is 14.5. The van der Waals surface area contributed by atoms with Gasteiger partial charge in [-0.25, -0.2) is 10.2 Å². The van der Waals surface area contributed by atoms with Crippen LogP contribution in [0, 0.1) is 6.92 Å². The van der Waals surface area contributed by atoms with Crippen molar-refractivity contribution in [2.75, 3.05) is 13.7 Å². The number of aryl methyl sites for hydroxylation is 1. The van der Waals surface area contributed by atoms with Crippen LogP contribution in [0.5, 0.6) is 5.75 Å². The van der Waals surface area contributed by atoms with Gasteiger partial charge in [-0.3, -0.25) is 9.63 Å². The number of carbonyl (C=O) groups is 1. The van der Waals surface area contributed by atoms with Crippen molar-refractivity contribution < 1.29 is 14.4 Å². The average Bonchev–Trinajstić information content (AvgIpc) is 2.94. The zero-order valence-electron chi connectivity index (χ0n) is 11.7. The van der Waals surface area contributed by atoms with Crippen LogP contribution in [-0.4, -0.2) is 29.4 Å². The van der Waals surface area contributed by atoms with E-state index >= 15 is 0 Å². The van der Waals surface area contributed by atoms with Gasteiger partial charge in [-0.15, -0.1) is 0 Å². The molecule has 0 aliphatic carbocycles. The first-order valence-corrected chi connectivity index (χ1v) is 6.28. The summed E-state index contributed by atoms with van der Waals surface area (Å²) in [4.78, 5) is 16.6. The van der Waals surface area contributed by atoms with Gasteiger partial charge in [0.25, 0.3) is 5.91 Å². The van der Waals surface area contributed by atoms with Crippen molar-refractivity contribution in [3.05, 3.63) is 41.7 Å². The summed E-state index contributed by atoms with van der Waals surface area (Å²) < 4.78 is 6.91. The molecule has 0 radical (unpaired) electrons. The van der Waals surface area contributed by atoms with Gasteiger partial charge in [0.15, 0.2) is 5.69 Å². The monoisotopic (exact) mass is 275 g/mol. The number of hydrogen-bond donors (Lipinski definition) is 1. The average molecular weight is 275 g/mol. The molecule has 0 unspecified atom stereocenters. The van der Waals surface area contributed by atoms with Crippen LogP contribution in [0.4, 0.5) is 0 Å². The van der Waals surface area contributed by atoms with Crippen LogP contribution >= 0.6 is 0 Å². The lowest BCUT2D eigenvalue weighted by molar-refractivity contribution is 0.0359. The van der Waals surface area contributed by atoms with Crippen LogP contribution in [0.2, 0.25) is 0 Å². The van der Waals surface area contributed by atoms with E-state index < -0.39 is 0 Å². The smallest absolute Gasteiger partial charge is 0.295 e. The highest BCUT2D eigenvalue weighted by molar-refractivity contribution is 5.91. The Kier molecular flexibility index (Phi) is 4.37. The third-order valence-corrected chi connectivity index (χ3v) is 2.71. The zero-order valence-corrected chi connectivity index (χ0v) is 11.7. The Morgan fingerprint density at radius 3 is 2.90 bits per heavy atom. The van der Waals surface area contributed by atoms with Gasteiger partial charge < -0.3 is 4.74 Å². The fourth-order valence-corrected chi connectivity index (χ4v) is 1.75. The van der Waals surface area contributed by atoms with Gasteiger partial charge >= 0.3 is 0 Å². The Labute approximate surface area is 117 Å². The van der Waals surface area contributed by atoms with Gasteiger partial charge in [-0.1, -0.05) is 6.07 Å². The van der Waals surface area contributed by atoms with Gasteiger partial charge in [-0.2, -0.15) is 5.10 Å². The molecular weight excluding hydrogens is 258 g/mol. The molecule has 0 aliphatic heterocycles. The molecule has 1 N–H and O–H groups in total. The maximum absolute atomic E-state index is 11.7. The Balaban J connectivity index is 2.29. The van der Waals surface area contributed by atoms with Crippen LogP contribution in [0.15, 0.2) is 30.5 Å². The molecule has 0 saturated heterocycles. The minimum absolute atomic E-state index is 0.280. The summed E-state index contributed by atoms with van der Waals surface area (Å²) in [5.41, 5.74) is 4.45.